The summed E-state index contributed by atoms with van der Waals surface area (Å²) < 4.78 is 0. The summed E-state index contributed by atoms with van der Waals surface area (Å²) in [6, 6.07) is 0. The van der Waals surface area contributed by atoms with Crippen LogP contribution in [0, 0.1) is 0 Å². The lowest BCUT2D eigenvalue weighted by Crippen LogP contribution is -2.62. The Bertz CT molecular complexity index is 454. The van der Waals surface area contributed by atoms with Crippen LogP contribution >= 0.6 is 23.2 Å². The smallest absolute Gasteiger partial charge is 0.231 e. The number of rotatable bonds is 1. The van der Waals surface area contributed by atoms with Gasteiger partial charge in [0.1, 0.15) is 0 Å². The van der Waals surface area contributed by atoms with Gasteiger partial charge >= 0.3 is 0 Å². The van der Waals surface area contributed by atoms with Gasteiger partial charge in [-0.15, -0.1) is 0 Å². The average Bonchev–Trinajstić information content (AvgIpc) is 2.09. The number of anilines is 1. The van der Waals surface area contributed by atoms with E-state index in [-0.39, 0.29) is 27.7 Å². The van der Waals surface area contributed by atoms with Crippen LogP contribution in [-0.4, -0.2) is 37.2 Å². The molecule has 1 aromatic heterocycles. The highest BCUT2D eigenvalue weighted by molar-refractivity contribution is 6.31. The van der Waals surface area contributed by atoms with Crippen LogP contribution in [-0.2, 0) is 0 Å². The van der Waals surface area contributed by atoms with E-state index >= 15 is 0 Å². The fourth-order valence-electron chi connectivity index (χ4n) is 3.18. The summed E-state index contributed by atoms with van der Waals surface area (Å²) in [5, 5.41) is 10.2. The van der Waals surface area contributed by atoms with E-state index < -0.39 is 0 Å². The average molecular weight is 305 g/mol. The van der Waals surface area contributed by atoms with E-state index in [0.717, 1.165) is 0 Å². The molecule has 1 aliphatic heterocycles. The van der Waals surface area contributed by atoms with Crippen LogP contribution in [0.25, 0.3) is 0 Å². The van der Waals surface area contributed by atoms with E-state index in [2.05, 4.69) is 19.9 Å². The van der Waals surface area contributed by atoms with Crippen molar-refractivity contribution >= 4 is 29.2 Å². The number of aromatic nitrogens is 3. The van der Waals surface area contributed by atoms with Gasteiger partial charge in [0.15, 0.2) is 0 Å². The molecule has 1 aromatic rings. The van der Waals surface area contributed by atoms with Gasteiger partial charge in [-0.1, -0.05) is 0 Å². The molecule has 5 nitrogen and oxygen atoms in total. The van der Waals surface area contributed by atoms with Crippen molar-refractivity contribution in [1.29, 1.82) is 0 Å². The first-order valence-corrected chi connectivity index (χ1v) is 6.93. The van der Waals surface area contributed by atoms with Gasteiger partial charge in [-0.3, -0.25) is 0 Å². The predicted molar refractivity (Wildman–Crippen MR) is 75.7 cm³/mol. The van der Waals surface area contributed by atoms with E-state index in [1.54, 1.807) is 0 Å². The summed E-state index contributed by atoms with van der Waals surface area (Å²) in [4.78, 5) is 14.2. The summed E-state index contributed by atoms with van der Waals surface area (Å²) in [6.45, 7) is 8.18. The highest BCUT2D eigenvalue weighted by Gasteiger charge is 2.46. The zero-order valence-corrected chi connectivity index (χ0v) is 13.0. The van der Waals surface area contributed by atoms with Gasteiger partial charge < -0.3 is 10.0 Å². The molecule has 2 rings (SSSR count). The quantitative estimate of drug-likeness (QED) is 0.864. The molecule has 0 spiro atoms. The Kier molecular flexibility index (Phi) is 3.66. The van der Waals surface area contributed by atoms with Crippen molar-refractivity contribution in [3.05, 3.63) is 10.6 Å². The Balaban J connectivity index is 2.50. The normalized spacial score (nSPS) is 22.6. The minimum atomic E-state index is -0.339. The topological polar surface area (TPSA) is 62.1 Å². The second-order valence-corrected chi connectivity index (χ2v) is 6.87. The van der Waals surface area contributed by atoms with Crippen LogP contribution in [0.4, 0.5) is 5.95 Å². The zero-order valence-electron chi connectivity index (χ0n) is 11.5. The molecule has 0 atom stereocenters. The summed E-state index contributed by atoms with van der Waals surface area (Å²) in [5.74, 6) is 0.451. The monoisotopic (exact) mass is 304 g/mol. The first kappa shape index (κ1) is 14.8. The maximum Gasteiger partial charge on any atom is 0.231 e. The first-order chi connectivity index (χ1) is 8.62. The van der Waals surface area contributed by atoms with Gasteiger partial charge in [-0.2, -0.15) is 15.0 Å². The molecule has 0 amide bonds. The number of aliphatic hydroxyl groups is 1. The van der Waals surface area contributed by atoms with Crippen molar-refractivity contribution < 1.29 is 5.11 Å². The molecular weight excluding hydrogens is 287 g/mol. The predicted octanol–water partition coefficient (Wildman–Crippen LogP) is 2.70. The van der Waals surface area contributed by atoms with Crippen LogP contribution in [0.5, 0.6) is 0 Å². The Morgan fingerprint density at radius 2 is 1.42 bits per heavy atom. The number of halogens is 2. The molecule has 7 heteroatoms. The van der Waals surface area contributed by atoms with Crippen molar-refractivity contribution in [2.45, 2.75) is 57.7 Å². The van der Waals surface area contributed by atoms with Crippen LogP contribution in [0.1, 0.15) is 40.5 Å². The second-order valence-electron chi connectivity index (χ2n) is 6.20. The van der Waals surface area contributed by atoms with Crippen LogP contribution in [0.3, 0.4) is 0 Å². The molecule has 0 aromatic carbocycles. The largest absolute Gasteiger partial charge is 0.393 e. The summed E-state index contributed by atoms with van der Waals surface area (Å²) >= 11 is 11.7. The molecule has 0 bridgehead atoms. The third kappa shape index (κ3) is 2.93. The van der Waals surface area contributed by atoms with E-state index in [9.17, 15) is 5.11 Å². The number of hydrogen-bond donors (Lipinski definition) is 1. The zero-order chi connectivity index (χ0) is 14.4. The van der Waals surface area contributed by atoms with E-state index in [1.165, 1.54) is 0 Å². The summed E-state index contributed by atoms with van der Waals surface area (Å²) in [5.41, 5.74) is -0.593. The number of nitrogens with zero attached hydrogens (tertiary/aromatic N) is 4. The van der Waals surface area contributed by atoms with Crippen molar-refractivity contribution in [3.63, 3.8) is 0 Å². The van der Waals surface area contributed by atoms with Gasteiger partial charge in [0.05, 0.1) is 6.10 Å². The minimum Gasteiger partial charge on any atom is -0.393 e. The summed E-state index contributed by atoms with van der Waals surface area (Å²) in [6.07, 6.45) is 0.934. The highest BCUT2D eigenvalue weighted by atomic mass is 35.5. The second kappa shape index (κ2) is 4.72. The molecule has 1 fully saturated rings. The van der Waals surface area contributed by atoms with Gasteiger partial charge in [-0.05, 0) is 63.7 Å². The van der Waals surface area contributed by atoms with Crippen LogP contribution in [0.15, 0.2) is 0 Å². The Labute approximate surface area is 123 Å². The van der Waals surface area contributed by atoms with Crippen LogP contribution in [0.2, 0.25) is 10.6 Å². The van der Waals surface area contributed by atoms with Crippen LogP contribution < -0.4 is 4.90 Å². The fraction of sp³-hybridized carbons (Fsp3) is 0.750. The lowest BCUT2D eigenvalue weighted by Gasteiger charge is -2.54. The molecular formula is C12H18Cl2N4O. The minimum absolute atomic E-state index is 0.0766. The van der Waals surface area contributed by atoms with Crippen molar-refractivity contribution in [3.8, 4) is 0 Å². The van der Waals surface area contributed by atoms with E-state index in [0.29, 0.717) is 18.8 Å². The van der Waals surface area contributed by atoms with E-state index in [4.69, 9.17) is 23.2 Å². The molecule has 0 radical (unpaired) electrons. The third-order valence-corrected chi connectivity index (χ3v) is 3.79. The van der Waals surface area contributed by atoms with Gasteiger partial charge in [0.25, 0.3) is 0 Å². The molecule has 0 unspecified atom stereocenters. The van der Waals surface area contributed by atoms with Crippen molar-refractivity contribution in [1.82, 2.24) is 15.0 Å². The standard InChI is InChI=1S/C12H18Cl2N4O/c1-11(2)5-7(19)6-12(3,4)18(11)10-16-8(13)15-9(14)17-10/h7,19H,5-6H2,1-4H3. The Morgan fingerprint density at radius 3 is 1.84 bits per heavy atom. The van der Waals surface area contributed by atoms with Gasteiger partial charge in [0, 0.05) is 11.1 Å². The van der Waals surface area contributed by atoms with E-state index in [1.807, 2.05) is 27.7 Å². The Morgan fingerprint density at radius 1 is 1.00 bits per heavy atom. The van der Waals surface area contributed by atoms with Gasteiger partial charge in [0.2, 0.25) is 16.5 Å². The maximum atomic E-state index is 10.0. The molecule has 1 N–H and O–H groups in total. The SMILES string of the molecule is CC1(C)CC(O)CC(C)(C)N1c1nc(Cl)nc(Cl)n1. The first-order valence-electron chi connectivity index (χ1n) is 6.17. The Hall–Kier alpha value is -0.650. The molecule has 106 valence electrons. The summed E-state index contributed by atoms with van der Waals surface area (Å²) in [7, 11) is 0. The molecule has 19 heavy (non-hydrogen) atoms. The molecule has 0 aliphatic carbocycles. The highest BCUT2D eigenvalue weighted by Crippen LogP contribution is 2.40. The molecule has 1 aliphatic rings. The van der Waals surface area contributed by atoms with Gasteiger partial charge in [-0.25, -0.2) is 0 Å². The lowest BCUT2D eigenvalue weighted by molar-refractivity contribution is 0.0637. The lowest BCUT2D eigenvalue weighted by atomic mass is 9.78. The molecule has 1 saturated heterocycles. The maximum absolute atomic E-state index is 10.0. The third-order valence-electron chi connectivity index (χ3n) is 3.45. The molecule has 2 heterocycles. The van der Waals surface area contributed by atoms with Crippen molar-refractivity contribution in [2.24, 2.45) is 0 Å². The number of hydrogen-bond acceptors (Lipinski definition) is 5. The van der Waals surface area contributed by atoms with Crippen molar-refractivity contribution in [2.75, 3.05) is 4.90 Å². The fourth-order valence-corrected chi connectivity index (χ4v) is 3.54. The molecule has 0 saturated carbocycles. The number of aliphatic hydroxyl groups excluding tert-OH is 1. The number of piperidine rings is 1.